The number of hydrogen-bond acceptors (Lipinski definition) is 2. The van der Waals surface area contributed by atoms with Crippen LogP contribution in [0.3, 0.4) is 0 Å². The number of carbonyl (C=O) groups excluding carboxylic acids is 2. The summed E-state index contributed by atoms with van der Waals surface area (Å²) in [6.07, 6.45) is 7.69. The van der Waals surface area contributed by atoms with E-state index in [1.54, 1.807) is 6.08 Å². The zero-order valence-electron chi connectivity index (χ0n) is 8.03. The minimum Gasteiger partial charge on any atom is -0.299 e. The zero-order valence-corrected chi connectivity index (χ0v) is 8.03. The molecule has 2 nitrogen and oxygen atoms in total. The highest BCUT2D eigenvalue weighted by molar-refractivity contribution is 5.82. The predicted molar refractivity (Wildman–Crippen MR) is 51.3 cm³/mol. The van der Waals surface area contributed by atoms with E-state index in [0.717, 1.165) is 32.0 Å². The van der Waals surface area contributed by atoms with Gasteiger partial charge in [0.1, 0.15) is 12.1 Å². The third-order valence-electron chi connectivity index (χ3n) is 2.79. The summed E-state index contributed by atoms with van der Waals surface area (Å²) in [5, 5.41) is 0. The molecule has 1 aliphatic carbocycles. The first-order valence-corrected chi connectivity index (χ1v) is 4.88. The topological polar surface area (TPSA) is 34.1 Å². The van der Waals surface area contributed by atoms with Gasteiger partial charge in [0.05, 0.1) is 0 Å². The van der Waals surface area contributed by atoms with Crippen LogP contribution in [0.5, 0.6) is 0 Å². The molecule has 0 saturated heterocycles. The minimum atomic E-state index is 0.157. The first-order chi connectivity index (χ1) is 6.25. The van der Waals surface area contributed by atoms with Crippen LogP contribution in [0.4, 0.5) is 0 Å². The molecular weight excluding hydrogens is 164 g/mol. The Balaban J connectivity index is 2.48. The second-order valence-corrected chi connectivity index (χ2v) is 3.74. The molecule has 1 fully saturated rings. The van der Waals surface area contributed by atoms with Crippen molar-refractivity contribution in [3.63, 3.8) is 0 Å². The molecule has 0 N–H and O–H groups in total. The fraction of sp³-hybridized carbons (Fsp3) is 0.636. The number of allylic oxidation sites excluding steroid dienone is 2. The molecule has 1 rings (SSSR count). The molecule has 0 radical (unpaired) electrons. The van der Waals surface area contributed by atoms with Crippen LogP contribution in [-0.2, 0) is 9.59 Å². The minimum absolute atomic E-state index is 0.157. The average Bonchev–Trinajstić information content (AvgIpc) is 2.10. The van der Waals surface area contributed by atoms with Crippen molar-refractivity contribution in [2.24, 2.45) is 11.8 Å². The lowest BCUT2D eigenvalue weighted by Crippen LogP contribution is -2.25. The number of carbonyl (C=O) groups is 2. The summed E-state index contributed by atoms with van der Waals surface area (Å²) in [6.45, 7) is 2.12. The van der Waals surface area contributed by atoms with Crippen molar-refractivity contribution in [1.82, 2.24) is 0 Å². The van der Waals surface area contributed by atoms with Gasteiger partial charge >= 0.3 is 0 Å². The summed E-state index contributed by atoms with van der Waals surface area (Å²) < 4.78 is 0. The summed E-state index contributed by atoms with van der Waals surface area (Å²) in [4.78, 5) is 21.5. The van der Waals surface area contributed by atoms with Gasteiger partial charge in [0.25, 0.3) is 0 Å². The van der Waals surface area contributed by atoms with Gasteiger partial charge in [0.15, 0.2) is 0 Å². The molecule has 1 aliphatic rings. The van der Waals surface area contributed by atoms with Gasteiger partial charge in [0, 0.05) is 12.3 Å². The highest BCUT2D eigenvalue weighted by Gasteiger charge is 2.27. The molecule has 0 aromatic carbocycles. The molecule has 2 atom stereocenters. The fourth-order valence-corrected chi connectivity index (χ4v) is 1.95. The van der Waals surface area contributed by atoms with Crippen molar-refractivity contribution in [2.45, 2.75) is 32.6 Å². The van der Waals surface area contributed by atoms with Gasteiger partial charge in [-0.25, -0.2) is 0 Å². The van der Waals surface area contributed by atoms with E-state index in [1.165, 1.54) is 6.08 Å². The molecule has 0 aromatic heterocycles. The van der Waals surface area contributed by atoms with Crippen LogP contribution in [0.25, 0.3) is 0 Å². The maximum atomic E-state index is 11.5. The standard InChI is InChI=1S/C11H16O2/c1-9-5-4-7-11(13)10(9)6-2-3-8-12/h2-3,8-10H,4-7H2,1H3/b3-2+. The Kier molecular flexibility index (Phi) is 3.87. The van der Waals surface area contributed by atoms with E-state index in [9.17, 15) is 9.59 Å². The molecular formula is C11H16O2. The third-order valence-corrected chi connectivity index (χ3v) is 2.79. The zero-order chi connectivity index (χ0) is 9.68. The second-order valence-electron chi connectivity index (χ2n) is 3.74. The third kappa shape index (κ3) is 2.79. The molecule has 0 amide bonds. The van der Waals surface area contributed by atoms with Gasteiger partial charge < -0.3 is 0 Å². The van der Waals surface area contributed by atoms with Crippen molar-refractivity contribution in [2.75, 3.05) is 0 Å². The van der Waals surface area contributed by atoms with Crippen LogP contribution in [0.1, 0.15) is 32.6 Å². The quantitative estimate of drug-likeness (QED) is 0.492. The van der Waals surface area contributed by atoms with E-state index in [4.69, 9.17) is 0 Å². The molecule has 0 aromatic rings. The van der Waals surface area contributed by atoms with Crippen molar-refractivity contribution in [3.8, 4) is 0 Å². The molecule has 0 spiro atoms. The summed E-state index contributed by atoms with van der Waals surface area (Å²) in [6, 6.07) is 0. The first-order valence-electron chi connectivity index (χ1n) is 4.88. The largest absolute Gasteiger partial charge is 0.299 e. The van der Waals surface area contributed by atoms with Crippen LogP contribution in [0.2, 0.25) is 0 Å². The molecule has 0 heterocycles. The fourth-order valence-electron chi connectivity index (χ4n) is 1.95. The summed E-state index contributed by atoms with van der Waals surface area (Å²) >= 11 is 0. The highest BCUT2D eigenvalue weighted by Crippen LogP contribution is 2.29. The first kappa shape index (κ1) is 10.2. The number of rotatable bonds is 3. The number of ketones is 1. The maximum Gasteiger partial charge on any atom is 0.142 e. The lowest BCUT2D eigenvalue weighted by Gasteiger charge is -2.26. The lowest BCUT2D eigenvalue weighted by molar-refractivity contribution is -0.126. The number of Topliss-reactive ketones (excluding diaryl/α,β-unsaturated/α-hetero) is 1. The maximum absolute atomic E-state index is 11.5. The van der Waals surface area contributed by atoms with E-state index in [0.29, 0.717) is 11.7 Å². The van der Waals surface area contributed by atoms with Crippen LogP contribution in [-0.4, -0.2) is 12.1 Å². The molecule has 0 bridgehead atoms. The number of aldehydes is 1. The molecule has 72 valence electrons. The lowest BCUT2D eigenvalue weighted by atomic mass is 9.78. The second kappa shape index (κ2) is 4.95. The van der Waals surface area contributed by atoms with E-state index >= 15 is 0 Å². The predicted octanol–water partition coefficient (Wildman–Crippen LogP) is 2.14. The Morgan fingerprint density at radius 2 is 2.31 bits per heavy atom. The van der Waals surface area contributed by atoms with E-state index in [1.807, 2.05) is 0 Å². The summed E-state index contributed by atoms with van der Waals surface area (Å²) in [7, 11) is 0. The number of hydrogen-bond donors (Lipinski definition) is 0. The molecule has 2 heteroatoms. The van der Waals surface area contributed by atoms with E-state index in [-0.39, 0.29) is 5.92 Å². The van der Waals surface area contributed by atoms with Crippen molar-refractivity contribution in [3.05, 3.63) is 12.2 Å². The molecule has 0 aliphatic heterocycles. The SMILES string of the molecule is CC1CCCC(=O)C1C/C=C/C=O. The van der Waals surface area contributed by atoms with Crippen LogP contribution in [0.15, 0.2) is 12.2 Å². The van der Waals surface area contributed by atoms with E-state index in [2.05, 4.69) is 6.92 Å². The molecule has 13 heavy (non-hydrogen) atoms. The summed E-state index contributed by atoms with van der Waals surface area (Å²) in [5.41, 5.74) is 0. The van der Waals surface area contributed by atoms with Gasteiger partial charge in [-0.1, -0.05) is 13.0 Å². The van der Waals surface area contributed by atoms with Crippen LogP contribution in [0, 0.1) is 11.8 Å². The van der Waals surface area contributed by atoms with Gasteiger partial charge in [-0.2, -0.15) is 0 Å². The molecule has 2 unspecified atom stereocenters. The van der Waals surface area contributed by atoms with Crippen LogP contribution >= 0.6 is 0 Å². The Morgan fingerprint density at radius 1 is 1.54 bits per heavy atom. The smallest absolute Gasteiger partial charge is 0.142 e. The Morgan fingerprint density at radius 3 is 2.92 bits per heavy atom. The van der Waals surface area contributed by atoms with E-state index < -0.39 is 0 Å². The normalized spacial score (nSPS) is 29.5. The van der Waals surface area contributed by atoms with Crippen molar-refractivity contribution < 1.29 is 9.59 Å². The van der Waals surface area contributed by atoms with Gasteiger partial charge in [-0.05, 0) is 31.3 Å². The molecule has 1 saturated carbocycles. The van der Waals surface area contributed by atoms with Crippen molar-refractivity contribution >= 4 is 12.1 Å². The Hall–Kier alpha value is -0.920. The Bertz CT molecular complexity index is 218. The highest BCUT2D eigenvalue weighted by atomic mass is 16.1. The Labute approximate surface area is 79.0 Å². The monoisotopic (exact) mass is 180 g/mol. The van der Waals surface area contributed by atoms with Crippen LogP contribution < -0.4 is 0 Å². The van der Waals surface area contributed by atoms with Crippen molar-refractivity contribution in [1.29, 1.82) is 0 Å². The van der Waals surface area contributed by atoms with Gasteiger partial charge in [0.2, 0.25) is 0 Å². The summed E-state index contributed by atoms with van der Waals surface area (Å²) in [5.74, 6) is 1.01. The average molecular weight is 180 g/mol. The van der Waals surface area contributed by atoms with Gasteiger partial charge in [-0.15, -0.1) is 0 Å². The van der Waals surface area contributed by atoms with Gasteiger partial charge in [-0.3, -0.25) is 9.59 Å².